The molecule has 1 heterocycles. The molecule has 1 aliphatic rings. The first-order valence-electron chi connectivity index (χ1n) is 7.83. The Kier molecular flexibility index (Phi) is 5.43. The summed E-state index contributed by atoms with van der Waals surface area (Å²) in [6, 6.07) is 12.9. The van der Waals surface area contributed by atoms with E-state index < -0.39 is 0 Å². The molecule has 0 bridgehead atoms. The number of anilines is 2. The lowest BCUT2D eigenvalue weighted by Crippen LogP contribution is -2.44. The Balaban J connectivity index is 1.75. The van der Waals surface area contributed by atoms with Crippen molar-refractivity contribution >= 4 is 44.8 Å². The predicted octanol–water partition coefficient (Wildman–Crippen LogP) is 4.11. The minimum absolute atomic E-state index is 0.130. The Morgan fingerprint density at radius 2 is 1.75 bits per heavy atom. The van der Waals surface area contributed by atoms with E-state index in [9.17, 15) is 4.79 Å². The zero-order valence-corrected chi connectivity index (χ0v) is 15.8. The van der Waals surface area contributed by atoms with Crippen LogP contribution in [0.1, 0.15) is 10.4 Å². The lowest BCUT2D eigenvalue weighted by atomic mass is 10.2. The van der Waals surface area contributed by atoms with E-state index in [0.29, 0.717) is 10.6 Å². The summed E-state index contributed by atoms with van der Waals surface area (Å²) in [5.74, 6) is -0.130. The van der Waals surface area contributed by atoms with Crippen molar-refractivity contribution in [1.82, 2.24) is 4.90 Å². The van der Waals surface area contributed by atoms with Crippen LogP contribution in [0.25, 0.3) is 0 Å². The molecule has 24 heavy (non-hydrogen) atoms. The second kappa shape index (κ2) is 7.55. The standard InChI is InChI=1S/C18H19BrClN3O/c1-22-8-10-23(11-9-22)17-12-15(6-7-16(17)20)21-18(24)13-2-4-14(19)5-3-13/h2-7,12H,8-11H2,1H3,(H,21,24). The normalized spacial score (nSPS) is 15.4. The van der Waals surface area contributed by atoms with E-state index in [-0.39, 0.29) is 5.91 Å². The van der Waals surface area contributed by atoms with Crippen molar-refractivity contribution in [3.63, 3.8) is 0 Å². The van der Waals surface area contributed by atoms with E-state index in [1.807, 2.05) is 30.3 Å². The Morgan fingerprint density at radius 3 is 2.42 bits per heavy atom. The molecule has 0 aromatic heterocycles. The number of halogens is 2. The molecule has 0 spiro atoms. The molecule has 1 aliphatic heterocycles. The lowest BCUT2D eigenvalue weighted by Gasteiger charge is -2.34. The van der Waals surface area contributed by atoms with Crippen LogP contribution in [0.3, 0.4) is 0 Å². The number of carbonyl (C=O) groups excluding carboxylic acids is 1. The average Bonchev–Trinajstić information content (AvgIpc) is 2.58. The predicted molar refractivity (Wildman–Crippen MR) is 103 cm³/mol. The van der Waals surface area contributed by atoms with Gasteiger partial charge in [0.1, 0.15) is 0 Å². The molecular formula is C18H19BrClN3O. The summed E-state index contributed by atoms with van der Waals surface area (Å²) in [6.45, 7) is 3.87. The number of likely N-dealkylation sites (N-methyl/N-ethyl adjacent to an activating group) is 1. The van der Waals surface area contributed by atoms with Crippen molar-refractivity contribution < 1.29 is 4.79 Å². The second-order valence-electron chi connectivity index (χ2n) is 5.92. The van der Waals surface area contributed by atoms with Crippen LogP contribution in [0.4, 0.5) is 11.4 Å². The highest BCUT2D eigenvalue weighted by Crippen LogP contribution is 2.30. The van der Waals surface area contributed by atoms with Gasteiger partial charge in [0, 0.05) is 41.9 Å². The number of nitrogens with zero attached hydrogens (tertiary/aromatic N) is 2. The van der Waals surface area contributed by atoms with Gasteiger partial charge in [-0.2, -0.15) is 0 Å². The van der Waals surface area contributed by atoms with Gasteiger partial charge < -0.3 is 15.1 Å². The molecule has 1 fully saturated rings. The Labute approximate surface area is 155 Å². The maximum atomic E-state index is 12.4. The third-order valence-corrected chi connectivity index (χ3v) is 5.00. The SMILES string of the molecule is CN1CCN(c2cc(NC(=O)c3ccc(Br)cc3)ccc2Cl)CC1. The molecule has 0 aliphatic carbocycles. The fraction of sp³-hybridized carbons (Fsp3) is 0.278. The lowest BCUT2D eigenvalue weighted by molar-refractivity contribution is 0.102. The van der Waals surface area contributed by atoms with Crippen molar-refractivity contribution in [3.8, 4) is 0 Å². The van der Waals surface area contributed by atoms with Crippen LogP contribution in [0, 0.1) is 0 Å². The summed E-state index contributed by atoms with van der Waals surface area (Å²) in [4.78, 5) is 16.9. The van der Waals surface area contributed by atoms with Crippen molar-refractivity contribution in [1.29, 1.82) is 0 Å². The maximum absolute atomic E-state index is 12.4. The Hall–Kier alpha value is -1.56. The van der Waals surface area contributed by atoms with Gasteiger partial charge in [-0.15, -0.1) is 0 Å². The summed E-state index contributed by atoms with van der Waals surface area (Å²) in [7, 11) is 2.12. The van der Waals surface area contributed by atoms with E-state index in [1.165, 1.54) is 0 Å². The first-order valence-corrected chi connectivity index (χ1v) is 9.00. The monoisotopic (exact) mass is 407 g/mol. The fourth-order valence-electron chi connectivity index (χ4n) is 2.68. The molecule has 1 saturated heterocycles. The van der Waals surface area contributed by atoms with Gasteiger partial charge in [0.15, 0.2) is 0 Å². The molecule has 0 radical (unpaired) electrons. The smallest absolute Gasteiger partial charge is 0.255 e. The molecular weight excluding hydrogens is 390 g/mol. The van der Waals surface area contributed by atoms with E-state index >= 15 is 0 Å². The number of hydrogen-bond donors (Lipinski definition) is 1. The van der Waals surface area contributed by atoms with Gasteiger partial charge in [0.05, 0.1) is 10.7 Å². The Morgan fingerprint density at radius 1 is 1.08 bits per heavy atom. The highest BCUT2D eigenvalue weighted by Gasteiger charge is 2.17. The Bertz CT molecular complexity index is 728. The number of benzene rings is 2. The van der Waals surface area contributed by atoms with Crippen molar-refractivity contribution in [2.45, 2.75) is 0 Å². The number of rotatable bonds is 3. The van der Waals surface area contributed by atoms with Gasteiger partial charge in [0.2, 0.25) is 0 Å². The average molecular weight is 409 g/mol. The number of carbonyl (C=O) groups is 1. The second-order valence-corrected chi connectivity index (χ2v) is 7.24. The molecule has 1 N–H and O–H groups in total. The minimum Gasteiger partial charge on any atom is -0.368 e. The fourth-order valence-corrected chi connectivity index (χ4v) is 3.19. The molecule has 6 heteroatoms. The number of amides is 1. The topological polar surface area (TPSA) is 35.6 Å². The van der Waals surface area contributed by atoms with Crippen LogP contribution in [-0.2, 0) is 0 Å². The van der Waals surface area contributed by atoms with Crippen molar-refractivity contribution in [2.75, 3.05) is 43.4 Å². The summed E-state index contributed by atoms with van der Waals surface area (Å²) in [5, 5.41) is 3.65. The van der Waals surface area contributed by atoms with Gasteiger partial charge in [-0.1, -0.05) is 27.5 Å². The van der Waals surface area contributed by atoms with Crippen LogP contribution in [0.5, 0.6) is 0 Å². The van der Waals surface area contributed by atoms with Crippen LogP contribution in [-0.4, -0.2) is 44.0 Å². The molecule has 3 rings (SSSR count). The quantitative estimate of drug-likeness (QED) is 0.830. The van der Waals surface area contributed by atoms with Gasteiger partial charge in [-0.05, 0) is 49.5 Å². The highest BCUT2D eigenvalue weighted by atomic mass is 79.9. The van der Waals surface area contributed by atoms with E-state index in [0.717, 1.165) is 42.0 Å². The van der Waals surface area contributed by atoms with Gasteiger partial charge in [-0.3, -0.25) is 4.79 Å². The zero-order valence-electron chi connectivity index (χ0n) is 13.4. The van der Waals surface area contributed by atoms with Crippen LogP contribution in [0.2, 0.25) is 5.02 Å². The molecule has 4 nitrogen and oxygen atoms in total. The third kappa shape index (κ3) is 4.09. The molecule has 2 aromatic rings. The van der Waals surface area contributed by atoms with E-state index in [1.54, 1.807) is 12.1 Å². The summed E-state index contributed by atoms with van der Waals surface area (Å²) >= 11 is 9.74. The highest BCUT2D eigenvalue weighted by molar-refractivity contribution is 9.10. The molecule has 126 valence electrons. The molecule has 1 amide bonds. The minimum atomic E-state index is -0.130. The zero-order chi connectivity index (χ0) is 17.1. The van der Waals surface area contributed by atoms with E-state index in [2.05, 4.69) is 38.1 Å². The summed E-state index contributed by atoms with van der Waals surface area (Å²) in [6.07, 6.45) is 0. The third-order valence-electron chi connectivity index (χ3n) is 4.15. The van der Waals surface area contributed by atoms with Crippen LogP contribution in [0.15, 0.2) is 46.9 Å². The summed E-state index contributed by atoms with van der Waals surface area (Å²) in [5.41, 5.74) is 2.34. The molecule has 2 aromatic carbocycles. The van der Waals surface area contributed by atoms with Gasteiger partial charge in [-0.25, -0.2) is 0 Å². The van der Waals surface area contributed by atoms with E-state index in [4.69, 9.17) is 11.6 Å². The van der Waals surface area contributed by atoms with Crippen molar-refractivity contribution in [2.24, 2.45) is 0 Å². The van der Waals surface area contributed by atoms with Crippen molar-refractivity contribution in [3.05, 3.63) is 57.5 Å². The number of piperazine rings is 1. The molecule has 0 atom stereocenters. The maximum Gasteiger partial charge on any atom is 0.255 e. The largest absolute Gasteiger partial charge is 0.368 e. The first kappa shape index (κ1) is 17.3. The van der Waals surface area contributed by atoms with Crippen LogP contribution < -0.4 is 10.2 Å². The first-order chi connectivity index (χ1) is 11.5. The number of hydrogen-bond acceptors (Lipinski definition) is 3. The molecule has 0 saturated carbocycles. The molecule has 0 unspecified atom stereocenters. The van der Waals surface area contributed by atoms with Crippen LogP contribution >= 0.6 is 27.5 Å². The number of nitrogens with one attached hydrogen (secondary N) is 1. The van der Waals surface area contributed by atoms with Gasteiger partial charge in [0.25, 0.3) is 5.91 Å². The summed E-state index contributed by atoms with van der Waals surface area (Å²) < 4.78 is 0.947. The van der Waals surface area contributed by atoms with Gasteiger partial charge >= 0.3 is 0 Å².